The summed E-state index contributed by atoms with van der Waals surface area (Å²) in [6, 6.07) is 7.77. The standard InChI is InChI=1S/C32H44N8O2/c1-5-25-29(36-20-27(31(41)42-32(2,3)4)35-19-22-8-6-14-33-18-22)37-21-38-30(25)40-16-12-23(13-17-40)26-11-10-24-9-7-15-34-28(24)39-26/h6,8,10-11,14,18,21,23,27,35H,5,7,9,12-13,15-17,19-20H2,1-4H3,(H,34,39)(H,36,37,38)/t27-/m0/s1. The zero-order valence-corrected chi connectivity index (χ0v) is 25.3. The molecular formula is C32H44N8O2. The van der Waals surface area contributed by atoms with Crippen LogP contribution in [0.3, 0.4) is 0 Å². The number of aromatic nitrogens is 4. The number of piperidine rings is 1. The summed E-state index contributed by atoms with van der Waals surface area (Å²) in [5.41, 5.74) is 3.99. The number of nitrogens with one attached hydrogen (secondary N) is 3. The molecule has 0 aliphatic carbocycles. The molecule has 0 aromatic carbocycles. The number of esters is 1. The molecule has 0 unspecified atom stereocenters. The van der Waals surface area contributed by atoms with Crippen LogP contribution in [0.4, 0.5) is 17.5 Å². The van der Waals surface area contributed by atoms with Gasteiger partial charge in [-0.3, -0.25) is 15.1 Å². The summed E-state index contributed by atoms with van der Waals surface area (Å²) in [5.74, 6) is 2.93. The predicted octanol–water partition coefficient (Wildman–Crippen LogP) is 4.48. The van der Waals surface area contributed by atoms with Crippen LogP contribution in [0.2, 0.25) is 0 Å². The van der Waals surface area contributed by atoms with E-state index in [1.54, 1.807) is 18.7 Å². The average molecular weight is 573 g/mol. The monoisotopic (exact) mass is 572 g/mol. The van der Waals surface area contributed by atoms with Gasteiger partial charge in [0.15, 0.2) is 0 Å². The average Bonchev–Trinajstić information content (AvgIpc) is 3.00. The topological polar surface area (TPSA) is 117 Å². The molecule has 10 nitrogen and oxygen atoms in total. The van der Waals surface area contributed by atoms with Gasteiger partial charge in [0.25, 0.3) is 0 Å². The normalized spacial score (nSPS) is 16.3. The first kappa shape index (κ1) is 29.7. The first-order valence-electron chi connectivity index (χ1n) is 15.2. The smallest absolute Gasteiger partial charge is 0.325 e. The van der Waals surface area contributed by atoms with Crippen molar-refractivity contribution in [2.45, 2.75) is 83.9 Å². The Morgan fingerprint density at radius 2 is 2.02 bits per heavy atom. The lowest BCUT2D eigenvalue weighted by Gasteiger charge is -2.34. The van der Waals surface area contributed by atoms with Crippen LogP contribution in [0.15, 0.2) is 43.0 Å². The predicted molar refractivity (Wildman–Crippen MR) is 166 cm³/mol. The highest BCUT2D eigenvalue weighted by Gasteiger charge is 2.28. The first-order valence-corrected chi connectivity index (χ1v) is 15.2. The maximum absolute atomic E-state index is 13.1. The van der Waals surface area contributed by atoms with E-state index < -0.39 is 11.6 Å². The number of hydrogen-bond donors (Lipinski definition) is 3. The van der Waals surface area contributed by atoms with E-state index in [4.69, 9.17) is 14.7 Å². The van der Waals surface area contributed by atoms with Gasteiger partial charge in [0.05, 0.1) is 0 Å². The summed E-state index contributed by atoms with van der Waals surface area (Å²) in [6.07, 6.45) is 10.3. The molecule has 0 spiro atoms. The number of anilines is 3. The number of fused-ring (bicyclic) bond motifs is 1. The molecule has 5 rings (SSSR count). The summed E-state index contributed by atoms with van der Waals surface area (Å²) in [6.45, 7) is 11.4. The van der Waals surface area contributed by atoms with Gasteiger partial charge in [-0.25, -0.2) is 15.0 Å². The van der Waals surface area contributed by atoms with Crippen molar-refractivity contribution >= 4 is 23.4 Å². The highest BCUT2D eigenvalue weighted by molar-refractivity contribution is 5.77. The van der Waals surface area contributed by atoms with Crippen molar-refractivity contribution in [3.63, 3.8) is 0 Å². The molecule has 5 heterocycles. The number of rotatable bonds is 10. The zero-order valence-electron chi connectivity index (χ0n) is 25.3. The number of pyridine rings is 2. The third-order valence-electron chi connectivity index (χ3n) is 7.84. The third-order valence-corrected chi connectivity index (χ3v) is 7.84. The third kappa shape index (κ3) is 7.53. The Hall–Kier alpha value is -3.79. The van der Waals surface area contributed by atoms with E-state index in [0.29, 0.717) is 19.0 Å². The van der Waals surface area contributed by atoms with Crippen LogP contribution in [0, 0.1) is 0 Å². The lowest BCUT2D eigenvalue weighted by Crippen LogP contribution is -2.45. The Bertz CT molecular complexity index is 1340. The maximum atomic E-state index is 13.1. The largest absolute Gasteiger partial charge is 0.459 e. The minimum absolute atomic E-state index is 0.306. The molecule has 1 atom stereocenters. The Labute approximate surface area is 249 Å². The number of carbonyl (C=O) groups excluding carboxylic acids is 1. The number of aryl methyl sites for hydroxylation is 1. The van der Waals surface area contributed by atoms with Crippen molar-refractivity contribution in [2.75, 3.05) is 41.7 Å². The Balaban J connectivity index is 1.25. The Morgan fingerprint density at radius 3 is 2.76 bits per heavy atom. The summed E-state index contributed by atoms with van der Waals surface area (Å²) >= 11 is 0. The van der Waals surface area contributed by atoms with Crippen LogP contribution >= 0.6 is 0 Å². The fourth-order valence-corrected chi connectivity index (χ4v) is 5.67. The van der Waals surface area contributed by atoms with Crippen molar-refractivity contribution < 1.29 is 9.53 Å². The van der Waals surface area contributed by atoms with Gasteiger partial charge in [-0.05, 0) is 76.1 Å². The number of nitrogens with zero attached hydrogens (tertiary/aromatic N) is 5. The fraction of sp³-hybridized carbons (Fsp3) is 0.531. The summed E-state index contributed by atoms with van der Waals surface area (Å²) in [4.78, 5) is 33.9. The van der Waals surface area contributed by atoms with Crippen LogP contribution in [0.25, 0.3) is 0 Å². The summed E-state index contributed by atoms with van der Waals surface area (Å²) in [7, 11) is 0. The van der Waals surface area contributed by atoms with Crippen LogP contribution in [0.1, 0.15) is 75.3 Å². The lowest BCUT2D eigenvalue weighted by atomic mass is 9.92. The second-order valence-corrected chi connectivity index (χ2v) is 12.1. The van der Waals surface area contributed by atoms with E-state index in [1.165, 1.54) is 17.7 Å². The highest BCUT2D eigenvalue weighted by Crippen LogP contribution is 2.33. The molecule has 3 N–H and O–H groups in total. The molecule has 42 heavy (non-hydrogen) atoms. The van der Waals surface area contributed by atoms with E-state index in [9.17, 15) is 4.79 Å². The zero-order chi connectivity index (χ0) is 29.5. The molecule has 0 saturated carbocycles. The molecule has 2 aliphatic rings. The van der Waals surface area contributed by atoms with E-state index in [0.717, 1.165) is 73.9 Å². The molecule has 3 aromatic rings. The molecule has 3 aromatic heterocycles. The molecule has 0 radical (unpaired) electrons. The van der Waals surface area contributed by atoms with E-state index in [2.05, 4.69) is 49.9 Å². The minimum Gasteiger partial charge on any atom is -0.459 e. The van der Waals surface area contributed by atoms with Crippen LogP contribution in [-0.2, 0) is 28.9 Å². The molecule has 0 amide bonds. The van der Waals surface area contributed by atoms with Crippen molar-refractivity contribution in [1.82, 2.24) is 25.3 Å². The van der Waals surface area contributed by atoms with E-state index in [-0.39, 0.29) is 5.97 Å². The van der Waals surface area contributed by atoms with Gasteiger partial charge in [-0.2, -0.15) is 0 Å². The molecular weight excluding hydrogens is 528 g/mol. The van der Waals surface area contributed by atoms with Gasteiger partial charge in [0.2, 0.25) is 0 Å². The van der Waals surface area contributed by atoms with Gasteiger partial charge in [-0.1, -0.05) is 19.1 Å². The van der Waals surface area contributed by atoms with Crippen molar-refractivity contribution in [3.05, 3.63) is 65.4 Å². The lowest BCUT2D eigenvalue weighted by molar-refractivity contribution is -0.157. The van der Waals surface area contributed by atoms with Crippen molar-refractivity contribution in [3.8, 4) is 0 Å². The quantitative estimate of drug-likeness (QED) is 0.300. The van der Waals surface area contributed by atoms with E-state index in [1.807, 2.05) is 32.9 Å². The van der Waals surface area contributed by atoms with E-state index >= 15 is 0 Å². The SMILES string of the molecule is CCc1c(NC[C@H](NCc2cccnc2)C(=O)OC(C)(C)C)ncnc1N1CCC(c2ccc3c(n2)NCCC3)CC1. The van der Waals surface area contributed by atoms with Gasteiger partial charge in [0.1, 0.15) is 35.4 Å². The molecule has 1 fully saturated rings. The fourth-order valence-electron chi connectivity index (χ4n) is 5.67. The van der Waals surface area contributed by atoms with Crippen LogP contribution in [-0.4, -0.2) is 63.7 Å². The molecule has 224 valence electrons. The Morgan fingerprint density at radius 1 is 1.19 bits per heavy atom. The number of ether oxygens (including phenoxy) is 1. The van der Waals surface area contributed by atoms with Gasteiger partial charge >= 0.3 is 5.97 Å². The second-order valence-electron chi connectivity index (χ2n) is 12.1. The molecule has 0 bridgehead atoms. The summed E-state index contributed by atoms with van der Waals surface area (Å²) < 4.78 is 5.72. The number of hydrogen-bond acceptors (Lipinski definition) is 10. The van der Waals surface area contributed by atoms with Gasteiger partial charge < -0.3 is 20.3 Å². The first-order chi connectivity index (χ1) is 20.3. The van der Waals surface area contributed by atoms with Crippen LogP contribution < -0.4 is 20.9 Å². The molecule has 2 aliphatic heterocycles. The molecule has 10 heteroatoms. The number of carbonyl (C=O) groups is 1. The van der Waals surface area contributed by atoms with Gasteiger partial charge in [0, 0.05) is 62.3 Å². The highest BCUT2D eigenvalue weighted by atomic mass is 16.6. The van der Waals surface area contributed by atoms with Crippen molar-refractivity contribution in [1.29, 1.82) is 0 Å². The molecule has 1 saturated heterocycles. The minimum atomic E-state index is -0.584. The summed E-state index contributed by atoms with van der Waals surface area (Å²) in [5, 5.41) is 10.2. The van der Waals surface area contributed by atoms with Crippen LogP contribution in [0.5, 0.6) is 0 Å². The second kappa shape index (κ2) is 13.5. The van der Waals surface area contributed by atoms with Gasteiger partial charge in [-0.15, -0.1) is 0 Å². The maximum Gasteiger partial charge on any atom is 0.325 e. The Kier molecular flexibility index (Phi) is 9.51. The van der Waals surface area contributed by atoms with Crippen molar-refractivity contribution in [2.24, 2.45) is 0 Å².